The highest BCUT2D eigenvalue weighted by molar-refractivity contribution is 5.21. The Morgan fingerprint density at radius 2 is 2.33 bits per heavy atom. The minimum atomic E-state index is -0.132. The van der Waals surface area contributed by atoms with Crippen LogP contribution in [0.15, 0.2) is 24.3 Å². The predicted molar refractivity (Wildman–Crippen MR) is 85.1 cm³/mol. The van der Waals surface area contributed by atoms with Crippen molar-refractivity contribution in [3.8, 4) is 0 Å². The van der Waals surface area contributed by atoms with Crippen molar-refractivity contribution in [1.29, 1.82) is 0 Å². The van der Waals surface area contributed by atoms with Gasteiger partial charge in [0.15, 0.2) is 0 Å². The Morgan fingerprint density at radius 3 is 3.05 bits per heavy atom. The Bertz CT molecular complexity index is 404. The molecule has 0 amide bonds. The number of hydrogen-bond donors (Lipinski definition) is 1. The standard InChI is InChI=1S/C18H28FNO/c1-2-11-20-14-16(15-6-3-8-17(19)13-15)7-4-9-18-10-5-12-21-18/h3,6,8,13,16,18,20H,2,4-5,7,9-12,14H2,1H3. The smallest absolute Gasteiger partial charge is 0.123 e. The molecule has 2 unspecified atom stereocenters. The van der Waals surface area contributed by atoms with Crippen molar-refractivity contribution in [2.75, 3.05) is 19.7 Å². The molecular weight excluding hydrogens is 265 g/mol. The van der Waals surface area contributed by atoms with E-state index in [-0.39, 0.29) is 5.82 Å². The van der Waals surface area contributed by atoms with Crippen LogP contribution in [0, 0.1) is 5.82 Å². The van der Waals surface area contributed by atoms with E-state index in [1.165, 1.54) is 18.9 Å². The Kier molecular flexibility index (Phi) is 7.17. The second-order valence-corrected chi connectivity index (χ2v) is 6.02. The molecule has 2 atom stereocenters. The van der Waals surface area contributed by atoms with Gasteiger partial charge < -0.3 is 10.1 Å². The average molecular weight is 293 g/mol. The van der Waals surface area contributed by atoms with Gasteiger partial charge in [-0.3, -0.25) is 0 Å². The number of rotatable bonds is 9. The molecule has 2 rings (SSSR count). The lowest BCUT2D eigenvalue weighted by molar-refractivity contribution is 0.101. The van der Waals surface area contributed by atoms with Crippen LogP contribution >= 0.6 is 0 Å². The van der Waals surface area contributed by atoms with Gasteiger partial charge in [0.1, 0.15) is 5.82 Å². The largest absolute Gasteiger partial charge is 0.378 e. The van der Waals surface area contributed by atoms with Crippen LogP contribution in [0.4, 0.5) is 4.39 Å². The third-order valence-corrected chi connectivity index (χ3v) is 4.24. The van der Waals surface area contributed by atoms with Crippen LogP contribution in [0.3, 0.4) is 0 Å². The third kappa shape index (κ3) is 5.76. The van der Waals surface area contributed by atoms with Crippen molar-refractivity contribution >= 4 is 0 Å². The molecule has 1 heterocycles. The van der Waals surface area contributed by atoms with E-state index in [1.54, 1.807) is 6.07 Å². The summed E-state index contributed by atoms with van der Waals surface area (Å²) in [5.74, 6) is 0.265. The molecule has 1 aliphatic rings. The van der Waals surface area contributed by atoms with Gasteiger partial charge in [-0.25, -0.2) is 4.39 Å². The fourth-order valence-corrected chi connectivity index (χ4v) is 3.06. The number of nitrogens with one attached hydrogen (secondary N) is 1. The van der Waals surface area contributed by atoms with Gasteiger partial charge in [0, 0.05) is 13.2 Å². The molecule has 1 aliphatic heterocycles. The molecule has 1 aromatic rings. The number of benzene rings is 1. The van der Waals surface area contributed by atoms with E-state index in [1.807, 2.05) is 12.1 Å². The van der Waals surface area contributed by atoms with Crippen molar-refractivity contribution in [3.05, 3.63) is 35.6 Å². The molecule has 0 bridgehead atoms. The van der Waals surface area contributed by atoms with Gasteiger partial charge in [-0.15, -0.1) is 0 Å². The molecule has 1 N–H and O–H groups in total. The van der Waals surface area contributed by atoms with Crippen molar-refractivity contribution in [2.24, 2.45) is 0 Å². The minimum absolute atomic E-state index is 0.132. The average Bonchev–Trinajstić information content (AvgIpc) is 2.99. The highest BCUT2D eigenvalue weighted by atomic mass is 19.1. The van der Waals surface area contributed by atoms with Crippen LogP contribution in [-0.4, -0.2) is 25.8 Å². The lowest BCUT2D eigenvalue weighted by Gasteiger charge is -2.19. The summed E-state index contributed by atoms with van der Waals surface area (Å²) < 4.78 is 19.1. The van der Waals surface area contributed by atoms with E-state index in [0.717, 1.165) is 50.9 Å². The van der Waals surface area contributed by atoms with Gasteiger partial charge in [0.05, 0.1) is 6.10 Å². The Labute approximate surface area is 128 Å². The van der Waals surface area contributed by atoms with Crippen LogP contribution in [0.2, 0.25) is 0 Å². The summed E-state index contributed by atoms with van der Waals surface area (Å²) in [6, 6.07) is 7.07. The molecule has 3 heteroatoms. The molecule has 21 heavy (non-hydrogen) atoms. The summed E-state index contributed by atoms with van der Waals surface area (Å²) in [5.41, 5.74) is 1.12. The van der Waals surface area contributed by atoms with Crippen LogP contribution in [0.5, 0.6) is 0 Å². The minimum Gasteiger partial charge on any atom is -0.378 e. The van der Waals surface area contributed by atoms with Gasteiger partial charge in [0.25, 0.3) is 0 Å². The summed E-state index contributed by atoms with van der Waals surface area (Å²) in [6.45, 7) is 5.05. The normalized spacial score (nSPS) is 19.8. The number of hydrogen-bond acceptors (Lipinski definition) is 2. The topological polar surface area (TPSA) is 21.3 Å². The maximum atomic E-state index is 13.4. The first-order valence-electron chi connectivity index (χ1n) is 8.37. The molecule has 0 spiro atoms. The summed E-state index contributed by atoms with van der Waals surface area (Å²) in [4.78, 5) is 0. The highest BCUT2D eigenvalue weighted by Gasteiger charge is 2.17. The first kappa shape index (κ1) is 16.4. The maximum Gasteiger partial charge on any atom is 0.123 e. The van der Waals surface area contributed by atoms with Crippen molar-refractivity contribution in [1.82, 2.24) is 5.32 Å². The predicted octanol–water partition coefficient (Wildman–Crippen LogP) is 4.26. The highest BCUT2D eigenvalue weighted by Crippen LogP contribution is 2.25. The van der Waals surface area contributed by atoms with E-state index in [9.17, 15) is 4.39 Å². The molecule has 2 nitrogen and oxygen atoms in total. The van der Waals surface area contributed by atoms with Crippen LogP contribution in [0.25, 0.3) is 0 Å². The van der Waals surface area contributed by atoms with Gasteiger partial charge >= 0.3 is 0 Å². The number of ether oxygens (including phenoxy) is 1. The summed E-state index contributed by atoms with van der Waals surface area (Å²) in [6.07, 6.45) is 7.39. The van der Waals surface area contributed by atoms with Gasteiger partial charge in [-0.05, 0) is 62.3 Å². The van der Waals surface area contributed by atoms with E-state index in [2.05, 4.69) is 12.2 Å². The summed E-state index contributed by atoms with van der Waals surface area (Å²) >= 11 is 0. The summed E-state index contributed by atoms with van der Waals surface area (Å²) in [5, 5.41) is 3.48. The van der Waals surface area contributed by atoms with Crippen molar-refractivity contribution in [3.63, 3.8) is 0 Å². The van der Waals surface area contributed by atoms with E-state index in [4.69, 9.17) is 4.74 Å². The van der Waals surface area contributed by atoms with Gasteiger partial charge in [0.2, 0.25) is 0 Å². The zero-order chi connectivity index (χ0) is 14.9. The lowest BCUT2D eigenvalue weighted by atomic mass is 9.92. The van der Waals surface area contributed by atoms with Crippen LogP contribution < -0.4 is 5.32 Å². The quantitative estimate of drug-likeness (QED) is 0.687. The Morgan fingerprint density at radius 1 is 1.43 bits per heavy atom. The van der Waals surface area contributed by atoms with E-state index < -0.39 is 0 Å². The molecule has 1 aromatic carbocycles. The van der Waals surface area contributed by atoms with Gasteiger partial charge in [-0.1, -0.05) is 25.5 Å². The zero-order valence-corrected chi connectivity index (χ0v) is 13.1. The van der Waals surface area contributed by atoms with Crippen molar-refractivity contribution < 1.29 is 9.13 Å². The lowest BCUT2D eigenvalue weighted by Crippen LogP contribution is -2.22. The molecule has 0 aliphatic carbocycles. The zero-order valence-electron chi connectivity index (χ0n) is 13.1. The number of halogens is 1. The fourth-order valence-electron chi connectivity index (χ4n) is 3.06. The summed E-state index contributed by atoms with van der Waals surface area (Å²) in [7, 11) is 0. The Balaban J connectivity index is 1.85. The molecule has 0 aromatic heterocycles. The SMILES string of the molecule is CCCNCC(CCCC1CCCO1)c1cccc(F)c1. The maximum absolute atomic E-state index is 13.4. The molecular formula is C18H28FNO. The molecule has 1 saturated heterocycles. The van der Waals surface area contributed by atoms with Crippen molar-refractivity contribution in [2.45, 2.75) is 57.5 Å². The van der Waals surface area contributed by atoms with E-state index >= 15 is 0 Å². The molecule has 0 radical (unpaired) electrons. The first-order valence-corrected chi connectivity index (χ1v) is 8.37. The molecule has 118 valence electrons. The van der Waals surface area contributed by atoms with E-state index in [0.29, 0.717) is 12.0 Å². The first-order chi connectivity index (χ1) is 10.3. The fraction of sp³-hybridized carbons (Fsp3) is 0.667. The monoisotopic (exact) mass is 293 g/mol. The van der Waals surface area contributed by atoms with Crippen LogP contribution in [0.1, 0.15) is 56.9 Å². The molecule has 0 saturated carbocycles. The Hall–Kier alpha value is -0.930. The second-order valence-electron chi connectivity index (χ2n) is 6.02. The van der Waals surface area contributed by atoms with Gasteiger partial charge in [-0.2, -0.15) is 0 Å². The third-order valence-electron chi connectivity index (χ3n) is 4.24. The second kappa shape index (κ2) is 9.16. The molecule has 1 fully saturated rings. The van der Waals surface area contributed by atoms with Crippen LogP contribution in [-0.2, 0) is 4.74 Å².